The summed E-state index contributed by atoms with van der Waals surface area (Å²) in [5, 5.41) is 54.8. The lowest BCUT2D eigenvalue weighted by molar-refractivity contribution is -0.281. The topological polar surface area (TPSA) is 198 Å². The predicted octanol–water partition coefficient (Wildman–Crippen LogP) is -1.61. The molecule has 1 heterocycles. The summed E-state index contributed by atoms with van der Waals surface area (Å²) in [5.41, 5.74) is -1.68. The quantitative estimate of drug-likeness (QED) is 0.0754. The number of hydrogen-bond donors (Lipinski definition) is 7. The summed E-state index contributed by atoms with van der Waals surface area (Å²) in [6.07, 6.45) is 1.05. The Morgan fingerprint density at radius 1 is 1.03 bits per heavy atom. The van der Waals surface area contributed by atoms with E-state index in [1.165, 1.54) is 6.92 Å². The van der Waals surface area contributed by atoms with Crippen molar-refractivity contribution >= 4 is 17.7 Å². The SMILES string of the molecule is CO[C@@H]1C[C@@H](CO)N(C(=O)CCCCCNC(=O)CCCCCO[C@H](O)[C@@]2(NC(C)=O)C(O)[C@@H](O)C2CO)C1. The second-order valence-corrected chi connectivity index (χ2v) is 10.5. The molecule has 1 aliphatic heterocycles. The fourth-order valence-corrected chi connectivity index (χ4v) is 5.47. The highest BCUT2D eigenvalue weighted by Gasteiger charge is 2.66. The molecule has 39 heavy (non-hydrogen) atoms. The Morgan fingerprint density at radius 3 is 2.36 bits per heavy atom. The number of carbonyl (C=O) groups excluding carboxylic acids is 3. The number of ether oxygens (including phenoxy) is 2. The number of rotatable bonds is 18. The highest BCUT2D eigenvalue weighted by atomic mass is 16.6. The third-order valence-electron chi connectivity index (χ3n) is 7.79. The second-order valence-electron chi connectivity index (χ2n) is 10.5. The van der Waals surface area contributed by atoms with Crippen molar-refractivity contribution in [2.24, 2.45) is 5.92 Å². The van der Waals surface area contributed by atoms with Crippen molar-refractivity contribution in [1.29, 1.82) is 0 Å². The number of likely N-dealkylation sites (tertiary alicyclic amines) is 1. The van der Waals surface area contributed by atoms with E-state index >= 15 is 0 Å². The van der Waals surface area contributed by atoms with E-state index in [9.17, 15) is 39.9 Å². The van der Waals surface area contributed by atoms with Crippen molar-refractivity contribution in [3.05, 3.63) is 0 Å². The van der Waals surface area contributed by atoms with E-state index in [-0.39, 0.29) is 37.2 Å². The fourth-order valence-electron chi connectivity index (χ4n) is 5.47. The maximum atomic E-state index is 12.4. The molecule has 0 spiro atoms. The minimum atomic E-state index is -1.68. The molecular formula is C26H47N3O10. The highest BCUT2D eigenvalue weighted by molar-refractivity contribution is 5.77. The Hall–Kier alpha value is -1.87. The average Bonchev–Trinajstić information content (AvgIpc) is 3.35. The van der Waals surface area contributed by atoms with Crippen LogP contribution in [0.1, 0.15) is 64.7 Å². The fraction of sp³-hybridized carbons (Fsp3) is 0.885. The number of methoxy groups -OCH3 is 1. The number of aliphatic hydroxyl groups is 5. The highest BCUT2D eigenvalue weighted by Crippen LogP contribution is 2.42. The molecule has 0 aromatic carbocycles. The van der Waals surface area contributed by atoms with Crippen LogP contribution in [0.2, 0.25) is 0 Å². The zero-order valence-corrected chi connectivity index (χ0v) is 23.1. The van der Waals surface area contributed by atoms with E-state index in [4.69, 9.17) is 9.47 Å². The smallest absolute Gasteiger partial charge is 0.222 e. The molecule has 3 amide bonds. The molecule has 1 saturated carbocycles. The van der Waals surface area contributed by atoms with Crippen molar-refractivity contribution in [1.82, 2.24) is 15.5 Å². The number of unbranched alkanes of at least 4 members (excludes halogenated alkanes) is 4. The van der Waals surface area contributed by atoms with E-state index in [0.29, 0.717) is 58.0 Å². The molecule has 7 N–H and O–H groups in total. The summed E-state index contributed by atoms with van der Waals surface area (Å²) in [5.74, 6) is -1.56. The summed E-state index contributed by atoms with van der Waals surface area (Å²) in [7, 11) is 1.61. The van der Waals surface area contributed by atoms with Crippen LogP contribution in [0.25, 0.3) is 0 Å². The van der Waals surface area contributed by atoms with Gasteiger partial charge in [0.2, 0.25) is 17.7 Å². The first-order valence-electron chi connectivity index (χ1n) is 13.9. The molecule has 13 heteroatoms. The first-order chi connectivity index (χ1) is 18.6. The van der Waals surface area contributed by atoms with Gasteiger partial charge in [-0.1, -0.05) is 12.8 Å². The second kappa shape index (κ2) is 16.4. The average molecular weight is 562 g/mol. The molecular weight excluding hydrogens is 514 g/mol. The number of nitrogens with zero attached hydrogens (tertiary/aromatic N) is 1. The van der Waals surface area contributed by atoms with Crippen LogP contribution in [-0.2, 0) is 23.9 Å². The van der Waals surface area contributed by atoms with Gasteiger partial charge in [0, 0.05) is 52.5 Å². The maximum absolute atomic E-state index is 12.4. The Kier molecular flexibility index (Phi) is 14.0. The first kappa shape index (κ1) is 33.3. The van der Waals surface area contributed by atoms with Gasteiger partial charge in [-0.2, -0.15) is 0 Å². The van der Waals surface area contributed by atoms with E-state index < -0.39 is 42.5 Å². The van der Waals surface area contributed by atoms with E-state index in [0.717, 1.165) is 12.8 Å². The molecule has 2 aliphatic rings. The molecule has 2 unspecified atom stereocenters. The van der Waals surface area contributed by atoms with Crippen molar-refractivity contribution < 1.29 is 49.4 Å². The van der Waals surface area contributed by atoms with Gasteiger partial charge >= 0.3 is 0 Å². The molecule has 1 saturated heterocycles. The Balaban J connectivity index is 1.53. The van der Waals surface area contributed by atoms with Crippen LogP contribution >= 0.6 is 0 Å². The van der Waals surface area contributed by atoms with Gasteiger partial charge in [-0.3, -0.25) is 14.4 Å². The van der Waals surface area contributed by atoms with E-state index in [1.54, 1.807) is 12.0 Å². The third-order valence-corrected chi connectivity index (χ3v) is 7.79. The lowest BCUT2D eigenvalue weighted by Gasteiger charge is -2.57. The van der Waals surface area contributed by atoms with Crippen LogP contribution in [-0.4, -0.2) is 124 Å². The molecule has 13 nitrogen and oxygen atoms in total. The normalized spacial score (nSPS) is 29.1. The molecule has 0 aromatic heterocycles. The largest absolute Gasteiger partial charge is 0.396 e. The summed E-state index contributed by atoms with van der Waals surface area (Å²) in [6.45, 7) is 1.73. The lowest BCUT2D eigenvalue weighted by atomic mass is 9.61. The van der Waals surface area contributed by atoms with Gasteiger partial charge in [0.15, 0.2) is 6.29 Å². The minimum Gasteiger partial charge on any atom is -0.396 e. The summed E-state index contributed by atoms with van der Waals surface area (Å²) < 4.78 is 10.7. The Bertz CT molecular complexity index is 787. The van der Waals surface area contributed by atoms with Crippen molar-refractivity contribution in [2.75, 3.05) is 40.0 Å². The van der Waals surface area contributed by atoms with Gasteiger partial charge in [-0.15, -0.1) is 0 Å². The van der Waals surface area contributed by atoms with Crippen LogP contribution in [0.5, 0.6) is 0 Å². The van der Waals surface area contributed by atoms with Gasteiger partial charge < -0.3 is 50.5 Å². The van der Waals surface area contributed by atoms with Crippen LogP contribution in [0.3, 0.4) is 0 Å². The standard InChI is InChI=1S/C26H47N3O10/c1-17(32)28-26(20(16-31)23(35)24(26)36)25(37)39-12-8-4-5-9-21(33)27-11-7-3-6-10-22(34)29-14-19(38-2)13-18(29)15-30/h18-20,23-25,30-31,35-37H,3-16H2,1-2H3,(H,27,33)(H,28,32)/t18-,19+,20?,23-,24?,25-,26-/m0/s1. The molecule has 2 rings (SSSR count). The molecule has 226 valence electrons. The Labute approximate surface area is 229 Å². The molecule has 7 atom stereocenters. The van der Waals surface area contributed by atoms with E-state index in [2.05, 4.69) is 10.6 Å². The zero-order chi connectivity index (χ0) is 29.0. The van der Waals surface area contributed by atoms with Crippen LogP contribution in [0.4, 0.5) is 0 Å². The lowest BCUT2D eigenvalue weighted by Crippen LogP contribution is -2.82. The van der Waals surface area contributed by atoms with Crippen molar-refractivity contribution in [3.8, 4) is 0 Å². The van der Waals surface area contributed by atoms with Crippen molar-refractivity contribution in [3.63, 3.8) is 0 Å². The van der Waals surface area contributed by atoms with Gasteiger partial charge in [-0.05, 0) is 32.1 Å². The number of hydrogen-bond acceptors (Lipinski definition) is 10. The first-order valence-corrected chi connectivity index (χ1v) is 13.9. The minimum absolute atomic E-state index is 0.0223. The number of aliphatic hydroxyl groups excluding tert-OH is 5. The summed E-state index contributed by atoms with van der Waals surface area (Å²) >= 11 is 0. The van der Waals surface area contributed by atoms with Crippen LogP contribution < -0.4 is 10.6 Å². The summed E-state index contributed by atoms with van der Waals surface area (Å²) in [6, 6.07) is -0.179. The van der Waals surface area contributed by atoms with Crippen LogP contribution in [0, 0.1) is 5.92 Å². The summed E-state index contributed by atoms with van der Waals surface area (Å²) in [4.78, 5) is 37.8. The zero-order valence-electron chi connectivity index (χ0n) is 23.1. The molecule has 0 radical (unpaired) electrons. The molecule has 2 fully saturated rings. The van der Waals surface area contributed by atoms with Gasteiger partial charge in [0.1, 0.15) is 11.6 Å². The predicted molar refractivity (Wildman–Crippen MR) is 139 cm³/mol. The van der Waals surface area contributed by atoms with Gasteiger partial charge in [0.25, 0.3) is 0 Å². The maximum Gasteiger partial charge on any atom is 0.222 e. The van der Waals surface area contributed by atoms with Gasteiger partial charge in [-0.25, -0.2) is 0 Å². The van der Waals surface area contributed by atoms with Crippen LogP contribution in [0.15, 0.2) is 0 Å². The van der Waals surface area contributed by atoms with Crippen molar-refractivity contribution in [2.45, 2.75) is 101 Å². The number of amides is 3. The third kappa shape index (κ3) is 8.81. The number of nitrogens with one attached hydrogen (secondary N) is 2. The number of carbonyl (C=O) groups is 3. The molecule has 0 aromatic rings. The Morgan fingerprint density at radius 2 is 1.72 bits per heavy atom. The monoisotopic (exact) mass is 561 g/mol. The van der Waals surface area contributed by atoms with E-state index in [1.807, 2.05) is 0 Å². The molecule has 1 aliphatic carbocycles. The van der Waals surface area contributed by atoms with Gasteiger partial charge in [0.05, 0.1) is 31.5 Å². The molecule has 0 bridgehead atoms.